The summed E-state index contributed by atoms with van der Waals surface area (Å²) < 4.78 is 5.27. The number of ketones is 3. The summed E-state index contributed by atoms with van der Waals surface area (Å²) in [5, 5.41) is 25.8. The van der Waals surface area contributed by atoms with Crippen LogP contribution >= 0.6 is 11.8 Å². The Balaban J connectivity index is 1.07. The molecule has 5 rings (SSSR count). The maximum atomic E-state index is 14.3. The van der Waals surface area contributed by atoms with E-state index in [1.165, 1.54) is 11.8 Å². The lowest BCUT2D eigenvalue weighted by atomic mass is 9.78. The molecule has 0 bridgehead atoms. The molecular formula is C61H95N11O13S. The van der Waals surface area contributed by atoms with Crippen LogP contribution in [-0.4, -0.2) is 168 Å². The molecule has 2 aliphatic heterocycles. The van der Waals surface area contributed by atoms with Crippen LogP contribution in [-0.2, 0) is 63.9 Å². The third-order valence-electron chi connectivity index (χ3n) is 17.2. The number of benzene rings is 1. The van der Waals surface area contributed by atoms with Crippen molar-refractivity contribution in [2.24, 2.45) is 51.8 Å². The number of amides is 7. The van der Waals surface area contributed by atoms with E-state index < -0.39 is 95.5 Å². The molecule has 1 aromatic carbocycles. The molecule has 9 atom stereocenters. The number of carboxylic acids is 1. The topological polar surface area (TPSA) is 383 Å². The van der Waals surface area contributed by atoms with Crippen LogP contribution in [0.1, 0.15) is 154 Å². The number of hydrogen-bond donors (Lipinski definition) is 10. The van der Waals surface area contributed by atoms with Crippen molar-refractivity contribution in [2.45, 2.75) is 190 Å². The van der Waals surface area contributed by atoms with Gasteiger partial charge in [-0.2, -0.15) is 0 Å². The van der Waals surface area contributed by atoms with E-state index in [0.717, 1.165) is 70.8 Å². The van der Waals surface area contributed by atoms with Gasteiger partial charge in [0.15, 0.2) is 11.7 Å². The number of carbonyl (C=O) groups is 11. The number of thioether (sulfide) groups is 1. The Morgan fingerprint density at radius 3 is 2.13 bits per heavy atom. The van der Waals surface area contributed by atoms with E-state index in [-0.39, 0.29) is 117 Å². The Morgan fingerprint density at radius 1 is 0.756 bits per heavy atom. The van der Waals surface area contributed by atoms with Crippen molar-refractivity contribution < 1.29 is 62.6 Å². The lowest BCUT2D eigenvalue weighted by molar-refractivity contribution is -0.144. The first-order valence-electron chi connectivity index (χ1n) is 31.1. The second kappa shape index (κ2) is 37.3. The number of hydrogen-bond acceptors (Lipinski definition) is 15. The van der Waals surface area contributed by atoms with Crippen LogP contribution in [0.15, 0.2) is 35.3 Å². The third kappa shape index (κ3) is 23.7. The summed E-state index contributed by atoms with van der Waals surface area (Å²) in [6.07, 6.45) is 10.8. The zero-order valence-electron chi connectivity index (χ0n) is 50.3. The van der Waals surface area contributed by atoms with Gasteiger partial charge in [-0.15, -0.1) is 11.8 Å². The van der Waals surface area contributed by atoms with Crippen LogP contribution in [0.2, 0.25) is 0 Å². The molecule has 24 nitrogen and oxygen atoms in total. The number of carboxylic acid groups (broad SMARTS) is 1. The van der Waals surface area contributed by atoms with E-state index in [4.69, 9.17) is 21.9 Å². The largest absolute Gasteiger partial charge is 0.481 e. The lowest BCUT2D eigenvalue weighted by Gasteiger charge is -2.28. The number of Topliss-reactive ketones (excluding diaryl/α,β-unsaturated/α-hetero) is 3. The molecule has 13 N–H and O–H groups in total. The minimum atomic E-state index is -1.40. The number of ether oxygens (including phenoxy) is 1. The predicted octanol–water partition coefficient (Wildman–Crippen LogP) is 2.11. The van der Waals surface area contributed by atoms with E-state index in [1.807, 2.05) is 4.90 Å². The Hall–Kier alpha value is -6.47. The third-order valence-corrected chi connectivity index (χ3v) is 18.6. The highest BCUT2D eigenvalue weighted by Crippen LogP contribution is 2.35. The van der Waals surface area contributed by atoms with Gasteiger partial charge in [0.05, 0.1) is 42.8 Å². The molecular weight excluding hydrogens is 1130 g/mol. The maximum absolute atomic E-state index is 14.3. The van der Waals surface area contributed by atoms with Crippen molar-refractivity contribution in [1.29, 1.82) is 0 Å². The van der Waals surface area contributed by atoms with Crippen molar-refractivity contribution in [1.82, 2.24) is 36.8 Å². The first-order chi connectivity index (χ1) is 41.3. The van der Waals surface area contributed by atoms with Crippen molar-refractivity contribution in [3.8, 4) is 0 Å². The summed E-state index contributed by atoms with van der Waals surface area (Å²) in [5.41, 5.74) is 17.9. The van der Waals surface area contributed by atoms with Crippen molar-refractivity contribution in [2.75, 3.05) is 52.2 Å². The van der Waals surface area contributed by atoms with Crippen LogP contribution in [0.25, 0.3) is 0 Å². The number of aliphatic imine (C=N–C) groups is 1. The fourth-order valence-corrected chi connectivity index (χ4v) is 13.3. The molecule has 2 saturated heterocycles. The van der Waals surface area contributed by atoms with Crippen molar-refractivity contribution >= 4 is 82.4 Å². The molecule has 3 unspecified atom stereocenters. The molecule has 2 heterocycles. The molecule has 0 radical (unpaired) electrons. The molecule has 4 fully saturated rings. The second-order valence-corrected chi connectivity index (χ2v) is 24.8. The summed E-state index contributed by atoms with van der Waals surface area (Å²) in [7, 11) is 1.66. The molecule has 0 spiro atoms. The molecule has 2 saturated carbocycles. The summed E-state index contributed by atoms with van der Waals surface area (Å²) >= 11 is 1.20. The molecule has 7 amide bonds. The zero-order chi connectivity index (χ0) is 62.5. The average molecular weight is 1220 g/mol. The number of guanidine groups is 1. The van der Waals surface area contributed by atoms with Gasteiger partial charge in [-0.05, 0) is 121 Å². The monoisotopic (exact) mass is 1220 g/mol. The second-order valence-electron chi connectivity index (χ2n) is 23.5. The lowest BCUT2D eigenvalue weighted by Crippen LogP contribution is -2.57. The fraction of sp³-hybridized carbons (Fsp3) is 0.705. The Bertz CT molecular complexity index is 2480. The molecule has 478 valence electrons. The van der Waals surface area contributed by atoms with Crippen LogP contribution in [0.4, 0.5) is 0 Å². The van der Waals surface area contributed by atoms with Gasteiger partial charge in [-0.3, -0.25) is 57.7 Å². The number of carbonyl (C=O) groups excluding carboxylic acids is 10. The number of rotatable bonds is 30. The number of likely N-dealkylation sites (tertiary alicyclic amines) is 1. The van der Waals surface area contributed by atoms with E-state index in [2.05, 4.69) is 36.9 Å². The smallest absolute Gasteiger partial charge is 0.304 e. The number of nitrogens with zero attached hydrogens (tertiary/aromatic N) is 2. The minimum absolute atomic E-state index is 0.00402. The van der Waals surface area contributed by atoms with Gasteiger partial charge in [0.2, 0.25) is 41.4 Å². The summed E-state index contributed by atoms with van der Waals surface area (Å²) in [5.74, 6) is -7.82. The van der Waals surface area contributed by atoms with Gasteiger partial charge >= 0.3 is 5.97 Å². The maximum Gasteiger partial charge on any atom is 0.304 e. The Labute approximate surface area is 509 Å². The first-order valence-corrected chi connectivity index (χ1v) is 32.1. The van der Waals surface area contributed by atoms with Crippen LogP contribution in [0.3, 0.4) is 0 Å². The molecule has 2 aliphatic carbocycles. The van der Waals surface area contributed by atoms with E-state index in [1.54, 1.807) is 44.4 Å². The average Bonchev–Trinajstić information content (AvgIpc) is 3.44. The van der Waals surface area contributed by atoms with Gasteiger partial charge in [0.1, 0.15) is 29.7 Å². The van der Waals surface area contributed by atoms with Crippen LogP contribution in [0, 0.1) is 29.6 Å². The normalized spacial score (nSPS) is 25.7. The molecule has 4 aliphatic rings. The number of aliphatic carboxylic acids is 1. The first kappa shape index (κ1) is 70.3. The highest BCUT2D eigenvalue weighted by Gasteiger charge is 2.39. The standard InChI is InChI=1S/C61H95N11O13S/c1-3-43-44(33-54(77)78)56(80)71-48(32-39-14-6-4-7-15-39)60(84)70-47(59(83)69-46(18-12-30-67-61(63)64)58(82)68-35-51(43)75)17-9-11-29-66-57(81)45(62)37-86-52-34-50(74)40(26-27-49(52)73)23-20-38-21-24-41(25-22-38)55(79)65-28-10-5-8-19-53(76)72-31-13-16-42(72)36-85-2/h4,6-7,14-15,38,40-48,52H,3,5,8-13,16-37,62H2,1-2H3,(H,65,79)(H,66,81)(H,68,82)(H,69,83)(H,70,84)(H,71,80)(H,77,78)(H4,63,64,67)/t38?,40?,41?,42-,43?,44-,45-,46+,47+,48-,52?/m0/s1. The van der Waals surface area contributed by atoms with Crippen molar-refractivity contribution in [3.05, 3.63) is 35.9 Å². The zero-order valence-corrected chi connectivity index (χ0v) is 51.1. The van der Waals surface area contributed by atoms with Gasteiger partial charge in [-0.1, -0.05) is 43.7 Å². The number of unbranched alkanes of at least 4 members (excludes halogenated alkanes) is 3. The summed E-state index contributed by atoms with van der Waals surface area (Å²) in [6.45, 7) is 3.24. The predicted molar refractivity (Wildman–Crippen MR) is 325 cm³/mol. The van der Waals surface area contributed by atoms with Gasteiger partial charge in [-0.25, -0.2) is 0 Å². The van der Waals surface area contributed by atoms with Gasteiger partial charge < -0.3 is 63.8 Å². The SMILES string of the molecule is CCC1C(=O)CNC(=O)[C@@H](CCCN=C(N)N)NC(=O)[C@@H](CCCCNC(=O)[C@@H](N)CSC2CC(=O)C(CCC3CCC(C(=O)NCCCCCC(=O)N4CCC[C@H]4COC)CC3)CCC2=O)NC(=O)[C@H](Cc2ccccc2)NC(=O)[C@H]1CC(=O)O. The van der Waals surface area contributed by atoms with Gasteiger partial charge in [0, 0.05) is 82.5 Å². The van der Waals surface area contributed by atoms with Crippen LogP contribution < -0.4 is 49.1 Å². The highest BCUT2D eigenvalue weighted by atomic mass is 32.2. The number of nitrogens with two attached hydrogens (primary N) is 3. The van der Waals surface area contributed by atoms with Crippen LogP contribution in [0.5, 0.6) is 0 Å². The molecule has 0 aromatic heterocycles. The van der Waals surface area contributed by atoms with E-state index in [0.29, 0.717) is 50.3 Å². The van der Waals surface area contributed by atoms with E-state index in [9.17, 15) is 57.8 Å². The quantitative estimate of drug-likeness (QED) is 0.0228. The van der Waals surface area contributed by atoms with Gasteiger partial charge in [0.25, 0.3) is 0 Å². The molecule has 1 aromatic rings. The summed E-state index contributed by atoms with van der Waals surface area (Å²) in [4.78, 5) is 154. The van der Waals surface area contributed by atoms with Crippen molar-refractivity contribution in [3.63, 3.8) is 0 Å². The molecule has 86 heavy (non-hydrogen) atoms. The Morgan fingerprint density at radius 2 is 1.43 bits per heavy atom. The van der Waals surface area contributed by atoms with E-state index >= 15 is 0 Å². The molecule has 25 heteroatoms. The summed E-state index contributed by atoms with van der Waals surface area (Å²) in [6, 6.07) is 4.04. The fourth-order valence-electron chi connectivity index (χ4n) is 12.1. The number of nitrogens with one attached hydrogen (secondary N) is 6. The Kier molecular flexibility index (Phi) is 30.5. The highest BCUT2D eigenvalue weighted by molar-refractivity contribution is 8.00. The minimum Gasteiger partial charge on any atom is -0.481 e. The number of methoxy groups -OCH3 is 1.